The minimum absolute atomic E-state index is 0.195. The molecule has 0 N–H and O–H groups in total. The molecule has 3 rings (SSSR count). The number of ether oxygens (including phenoxy) is 2. The lowest BCUT2D eigenvalue weighted by Gasteiger charge is -2.26. The number of aryl methyl sites for hydroxylation is 1. The Morgan fingerprint density at radius 3 is 2.88 bits per heavy atom. The molecule has 134 valence electrons. The number of benzene rings is 1. The number of hydrogen-bond acceptors (Lipinski definition) is 5. The second-order valence-corrected chi connectivity index (χ2v) is 6.42. The Hall–Kier alpha value is -2.05. The van der Waals surface area contributed by atoms with Crippen LogP contribution in [0.5, 0.6) is 5.75 Å². The highest BCUT2D eigenvalue weighted by Gasteiger charge is 2.26. The van der Waals surface area contributed by atoms with Gasteiger partial charge in [-0.05, 0) is 25.1 Å². The van der Waals surface area contributed by atoms with Crippen molar-refractivity contribution in [2.75, 3.05) is 26.8 Å². The standard InChI is InChI=1S/C18H22ClN3O3/c1-4-25-17(23)11-22-8-7-16-14(10-22)18(20-21(16)2)13-6-5-12(24-3)9-15(13)19/h5-6,9H,4,7-8,10-11H2,1-3H3. The summed E-state index contributed by atoms with van der Waals surface area (Å²) in [5.74, 6) is 0.515. The molecule has 0 aliphatic carbocycles. The van der Waals surface area contributed by atoms with E-state index >= 15 is 0 Å². The summed E-state index contributed by atoms with van der Waals surface area (Å²) in [6, 6.07) is 5.59. The van der Waals surface area contributed by atoms with Crippen LogP contribution in [0.4, 0.5) is 0 Å². The Bertz CT molecular complexity index is 788. The fraction of sp³-hybridized carbons (Fsp3) is 0.444. The summed E-state index contributed by atoms with van der Waals surface area (Å²) < 4.78 is 12.2. The Morgan fingerprint density at radius 1 is 1.40 bits per heavy atom. The SMILES string of the molecule is CCOC(=O)CN1CCc2c(c(-c3ccc(OC)cc3Cl)nn2C)C1. The van der Waals surface area contributed by atoms with Crippen molar-refractivity contribution in [2.45, 2.75) is 19.9 Å². The molecule has 0 saturated carbocycles. The second-order valence-electron chi connectivity index (χ2n) is 6.01. The largest absolute Gasteiger partial charge is 0.497 e. The number of carbonyl (C=O) groups excluding carboxylic acids is 1. The van der Waals surface area contributed by atoms with Gasteiger partial charge in [-0.3, -0.25) is 14.4 Å². The minimum Gasteiger partial charge on any atom is -0.497 e. The maximum atomic E-state index is 11.8. The Balaban J connectivity index is 1.90. The summed E-state index contributed by atoms with van der Waals surface area (Å²) in [7, 11) is 3.56. The first-order valence-electron chi connectivity index (χ1n) is 8.30. The molecule has 25 heavy (non-hydrogen) atoms. The molecule has 1 aliphatic rings. The summed E-state index contributed by atoms with van der Waals surface area (Å²) in [4.78, 5) is 13.9. The van der Waals surface area contributed by atoms with Gasteiger partial charge in [0, 0.05) is 43.4 Å². The second kappa shape index (κ2) is 7.45. The van der Waals surface area contributed by atoms with E-state index in [1.54, 1.807) is 13.2 Å². The monoisotopic (exact) mass is 363 g/mol. The number of methoxy groups -OCH3 is 1. The van der Waals surface area contributed by atoms with Crippen molar-refractivity contribution in [3.8, 4) is 17.0 Å². The lowest BCUT2D eigenvalue weighted by Crippen LogP contribution is -2.36. The molecule has 0 fully saturated rings. The van der Waals surface area contributed by atoms with Gasteiger partial charge in [-0.1, -0.05) is 11.6 Å². The highest BCUT2D eigenvalue weighted by atomic mass is 35.5. The number of nitrogens with zero attached hydrogens (tertiary/aromatic N) is 3. The van der Waals surface area contributed by atoms with E-state index in [0.29, 0.717) is 23.9 Å². The molecule has 0 bridgehead atoms. The summed E-state index contributed by atoms with van der Waals surface area (Å²) in [5.41, 5.74) is 4.03. The molecule has 0 radical (unpaired) electrons. The number of aromatic nitrogens is 2. The molecule has 1 aromatic carbocycles. The third kappa shape index (κ3) is 3.65. The average molecular weight is 364 g/mol. The molecule has 0 amide bonds. The van der Waals surface area contributed by atoms with Crippen LogP contribution in [0.3, 0.4) is 0 Å². The molecule has 0 saturated heterocycles. The molecular formula is C18H22ClN3O3. The first-order valence-corrected chi connectivity index (χ1v) is 8.68. The number of fused-ring (bicyclic) bond motifs is 1. The minimum atomic E-state index is -0.195. The summed E-state index contributed by atoms with van der Waals surface area (Å²) >= 11 is 6.44. The van der Waals surface area contributed by atoms with Crippen LogP contribution >= 0.6 is 11.6 Å². The zero-order chi connectivity index (χ0) is 18.0. The van der Waals surface area contributed by atoms with Gasteiger partial charge in [0.1, 0.15) is 5.75 Å². The fourth-order valence-corrected chi connectivity index (χ4v) is 3.46. The lowest BCUT2D eigenvalue weighted by atomic mass is 10.0. The van der Waals surface area contributed by atoms with Crippen molar-refractivity contribution >= 4 is 17.6 Å². The van der Waals surface area contributed by atoms with Crippen molar-refractivity contribution in [3.63, 3.8) is 0 Å². The van der Waals surface area contributed by atoms with Gasteiger partial charge >= 0.3 is 5.97 Å². The van der Waals surface area contributed by atoms with Gasteiger partial charge in [-0.15, -0.1) is 0 Å². The summed E-state index contributed by atoms with van der Waals surface area (Å²) in [6.45, 7) is 3.97. The van der Waals surface area contributed by atoms with E-state index in [9.17, 15) is 4.79 Å². The molecule has 1 aromatic heterocycles. The zero-order valence-electron chi connectivity index (χ0n) is 14.7. The van der Waals surface area contributed by atoms with Gasteiger partial charge in [-0.2, -0.15) is 5.10 Å². The molecule has 7 heteroatoms. The molecular weight excluding hydrogens is 342 g/mol. The smallest absolute Gasteiger partial charge is 0.320 e. The van der Waals surface area contributed by atoms with Crippen LogP contribution in [-0.4, -0.2) is 47.5 Å². The van der Waals surface area contributed by atoms with E-state index in [4.69, 9.17) is 21.1 Å². The van der Waals surface area contributed by atoms with Crippen LogP contribution in [0.2, 0.25) is 5.02 Å². The number of rotatable bonds is 5. The maximum Gasteiger partial charge on any atom is 0.320 e. The predicted molar refractivity (Wildman–Crippen MR) is 95.8 cm³/mol. The number of carbonyl (C=O) groups is 1. The third-order valence-electron chi connectivity index (χ3n) is 4.41. The van der Waals surface area contributed by atoms with Crippen LogP contribution in [-0.2, 0) is 29.5 Å². The van der Waals surface area contributed by atoms with Gasteiger partial charge in [0.05, 0.1) is 31.0 Å². The summed E-state index contributed by atoms with van der Waals surface area (Å²) in [5, 5.41) is 5.28. The average Bonchev–Trinajstić information content (AvgIpc) is 2.91. The van der Waals surface area contributed by atoms with Gasteiger partial charge in [-0.25, -0.2) is 0 Å². The van der Waals surface area contributed by atoms with Gasteiger partial charge in [0.2, 0.25) is 0 Å². The number of halogens is 1. The van der Waals surface area contributed by atoms with E-state index < -0.39 is 0 Å². The van der Waals surface area contributed by atoms with Crippen LogP contribution < -0.4 is 4.74 Å². The van der Waals surface area contributed by atoms with Gasteiger partial charge in [0.15, 0.2) is 0 Å². The van der Waals surface area contributed by atoms with Crippen LogP contribution in [0.25, 0.3) is 11.3 Å². The quantitative estimate of drug-likeness (QED) is 0.764. The van der Waals surface area contributed by atoms with Crippen molar-refractivity contribution < 1.29 is 14.3 Å². The van der Waals surface area contributed by atoms with E-state index in [1.807, 2.05) is 30.8 Å². The normalized spacial score (nSPS) is 14.2. The molecule has 2 heterocycles. The first kappa shape index (κ1) is 17.8. The Kier molecular flexibility index (Phi) is 5.30. The topological polar surface area (TPSA) is 56.6 Å². The fourth-order valence-electron chi connectivity index (χ4n) is 3.20. The van der Waals surface area contributed by atoms with Gasteiger partial charge in [0.25, 0.3) is 0 Å². The third-order valence-corrected chi connectivity index (χ3v) is 4.72. The van der Waals surface area contributed by atoms with E-state index in [2.05, 4.69) is 10.00 Å². The van der Waals surface area contributed by atoms with E-state index in [0.717, 1.165) is 29.8 Å². The lowest BCUT2D eigenvalue weighted by molar-refractivity contribution is -0.144. The Labute approximate surface area is 152 Å². The predicted octanol–water partition coefficient (Wildman–Crippen LogP) is 2.67. The molecule has 2 aromatic rings. The highest BCUT2D eigenvalue weighted by Crippen LogP contribution is 2.35. The zero-order valence-corrected chi connectivity index (χ0v) is 15.5. The van der Waals surface area contributed by atoms with Crippen LogP contribution in [0.1, 0.15) is 18.2 Å². The molecule has 0 unspecified atom stereocenters. The Morgan fingerprint density at radius 2 is 2.20 bits per heavy atom. The van der Waals surface area contributed by atoms with Crippen LogP contribution in [0.15, 0.2) is 18.2 Å². The summed E-state index contributed by atoms with van der Waals surface area (Å²) in [6.07, 6.45) is 0.839. The van der Waals surface area contributed by atoms with Crippen LogP contribution in [0, 0.1) is 0 Å². The van der Waals surface area contributed by atoms with E-state index in [-0.39, 0.29) is 12.5 Å². The molecule has 0 spiro atoms. The number of esters is 1. The van der Waals surface area contributed by atoms with Crippen molar-refractivity contribution in [2.24, 2.45) is 7.05 Å². The number of hydrogen-bond donors (Lipinski definition) is 0. The van der Waals surface area contributed by atoms with Crippen molar-refractivity contribution in [1.29, 1.82) is 0 Å². The first-order chi connectivity index (χ1) is 12.0. The molecule has 6 nitrogen and oxygen atoms in total. The van der Waals surface area contributed by atoms with Gasteiger partial charge < -0.3 is 9.47 Å². The van der Waals surface area contributed by atoms with E-state index in [1.165, 1.54) is 5.69 Å². The molecule has 0 atom stereocenters. The van der Waals surface area contributed by atoms with Crippen molar-refractivity contribution in [3.05, 3.63) is 34.5 Å². The molecule has 1 aliphatic heterocycles. The van der Waals surface area contributed by atoms with Crippen molar-refractivity contribution in [1.82, 2.24) is 14.7 Å². The maximum absolute atomic E-state index is 11.8. The highest BCUT2D eigenvalue weighted by molar-refractivity contribution is 6.33.